The molecule has 0 radical (unpaired) electrons. The fourth-order valence-corrected chi connectivity index (χ4v) is 5.76. The largest absolute Gasteiger partial charge is 0.379 e. The van der Waals surface area contributed by atoms with Gasteiger partial charge in [-0.05, 0) is 26.2 Å². The number of urea groups is 1. The third-order valence-electron chi connectivity index (χ3n) is 6.01. The van der Waals surface area contributed by atoms with E-state index in [1.807, 2.05) is 23.7 Å². The van der Waals surface area contributed by atoms with Crippen LogP contribution in [0.4, 0.5) is 4.79 Å². The molecule has 0 aromatic rings. The van der Waals surface area contributed by atoms with Gasteiger partial charge in [-0.3, -0.25) is 9.59 Å². The van der Waals surface area contributed by atoms with Crippen LogP contribution in [0.25, 0.3) is 0 Å². The van der Waals surface area contributed by atoms with Crippen LogP contribution in [0.15, 0.2) is 0 Å². The SMILES string of the molecule is CC(=O)CCOCCOCCOCCOCCCC(=O)CCCC[C@@H]1SC[C@@H]2NC(=O)N(C)[C@@H]21. The van der Waals surface area contributed by atoms with Crippen molar-refractivity contribution in [3.05, 3.63) is 0 Å². The molecule has 0 spiro atoms. The van der Waals surface area contributed by atoms with E-state index in [1.165, 1.54) is 0 Å². The first-order chi connectivity index (χ1) is 16.5. The monoisotopic (exact) mass is 502 g/mol. The average Bonchev–Trinajstić information content (AvgIpc) is 3.33. The van der Waals surface area contributed by atoms with Crippen LogP contribution in [-0.2, 0) is 28.5 Å². The van der Waals surface area contributed by atoms with Crippen LogP contribution >= 0.6 is 11.8 Å². The second-order valence-corrected chi connectivity index (χ2v) is 10.1. The summed E-state index contributed by atoms with van der Waals surface area (Å²) in [7, 11) is 1.88. The topological polar surface area (TPSA) is 103 Å². The third kappa shape index (κ3) is 11.5. The smallest absolute Gasteiger partial charge is 0.317 e. The van der Waals surface area contributed by atoms with Crippen molar-refractivity contribution in [2.45, 2.75) is 69.2 Å². The average molecular weight is 503 g/mol. The highest BCUT2D eigenvalue weighted by Gasteiger charge is 2.46. The molecule has 0 unspecified atom stereocenters. The Balaban J connectivity index is 1.30. The van der Waals surface area contributed by atoms with Crippen molar-refractivity contribution in [3.63, 3.8) is 0 Å². The zero-order valence-electron chi connectivity index (χ0n) is 20.8. The molecule has 196 valence electrons. The van der Waals surface area contributed by atoms with Gasteiger partial charge in [-0.1, -0.05) is 6.42 Å². The molecule has 2 heterocycles. The molecule has 0 saturated carbocycles. The quantitative estimate of drug-likeness (QED) is 0.189. The summed E-state index contributed by atoms with van der Waals surface area (Å²) < 4.78 is 21.6. The number of amides is 2. The molecule has 2 aliphatic rings. The summed E-state index contributed by atoms with van der Waals surface area (Å²) in [6.45, 7) is 5.54. The van der Waals surface area contributed by atoms with Crippen molar-refractivity contribution in [3.8, 4) is 0 Å². The van der Waals surface area contributed by atoms with Gasteiger partial charge in [-0.2, -0.15) is 11.8 Å². The summed E-state index contributed by atoms with van der Waals surface area (Å²) in [5.41, 5.74) is 0. The van der Waals surface area contributed by atoms with E-state index in [9.17, 15) is 14.4 Å². The van der Waals surface area contributed by atoms with E-state index in [4.69, 9.17) is 18.9 Å². The maximum atomic E-state index is 12.1. The van der Waals surface area contributed by atoms with E-state index < -0.39 is 0 Å². The van der Waals surface area contributed by atoms with Gasteiger partial charge in [0.15, 0.2) is 0 Å². The van der Waals surface area contributed by atoms with Crippen molar-refractivity contribution < 1.29 is 33.3 Å². The van der Waals surface area contributed by atoms with Gasteiger partial charge in [0, 0.05) is 43.9 Å². The van der Waals surface area contributed by atoms with Gasteiger partial charge in [0.05, 0.1) is 58.3 Å². The van der Waals surface area contributed by atoms with Gasteiger partial charge in [-0.15, -0.1) is 0 Å². The Hall–Kier alpha value is -1.20. The molecular weight excluding hydrogens is 460 g/mol. The molecule has 2 amide bonds. The van der Waals surface area contributed by atoms with Crippen molar-refractivity contribution in [1.82, 2.24) is 10.2 Å². The van der Waals surface area contributed by atoms with E-state index in [1.54, 1.807) is 6.92 Å². The van der Waals surface area contributed by atoms with Gasteiger partial charge in [0.25, 0.3) is 0 Å². The standard InChI is InChI=1S/C24H42N2O7S/c1-19(27)9-11-31-13-15-33-17-16-32-14-12-30-10-5-7-20(28)6-3-4-8-22-23-21(18-34-22)25-24(29)26(23)2/h21-23H,3-18H2,1-2H3,(H,25,29)/t21-,22-,23-/m0/s1. The van der Waals surface area contributed by atoms with Gasteiger partial charge >= 0.3 is 6.03 Å². The Morgan fingerprint density at radius 3 is 2.12 bits per heavy atom. The highest BCUT2D eigenvalue weighted by Crippen LogP contribution is 2.36. The zero-order valence-corrected chi connectivity index (χ0v) is 21.6. The molecule has 10 heteroatoms. The summed E-state index contributed by atoms with van der Waals surface area (Å²) in [4.78, 5) is 36.4. The van der Waals surface area contributed by atoms with Gasteiger partial charge in [-0.25, -0.2) is 4.79 Å². The van der Waals surface area contributed by atoms with Crippen LogP contribution in [0.5, 0.6) is 0 Å². The summed E-state index contributed by atoms with van der Waals surface area (Å²) in [5.74, 6) is 1.42. The van der Waals surface area contributed by atoms with Crippen LogP contribution in [0.2, 0.25) is 0 Å². The number of ether oxygens (including phenoxy) is 4. The fraction of sp³-hybridized carbons (Fsp3) is 0.875. The molecule has 2 fully saturated rings. The molecule has 0 aromatic carbocycles. The molecule has 3 atom stereocenters. The zero-order chi connectivity index (χ0) is 24.6. The van der Waals surface area contributed by atoms with Gasteiger partial charge in [0.2, 0.25) is 0 Å². The number of fused-ring (bicyclic) bond motifs is 1. The molecule has 2 aliphatic heterocycles. The lowest BCUT2D eigenvalue weighted by atomic mass is 10.0. The van der Waals surface area contributed by atoms with Gasteiger partial charge < -0.3 is 29.2 Å². The van der Waals surface area contributed by atoms with Crippen molar-refractivity contribution in [2.24, 2.45) is 0 Å². The first kappa shape index (κ1) is 29.0. The number of hydrogen-bond acceptors (Lipinski definition) is 8. The van der Waals surface area contributed by atoms with E-state index in [-0.39, 0.29) is 17.9 Å². The maximum absolute atomic E-state index is 12.1. The summed E-state index contributed by atoms with van der Waals surface area (Å²) >= 11 is 1.94. The lowest BCUT2D eigenvalue weighted by Gasteiger charge is -2.23. The summed E-state index contributed by atoms with van der Waals surface area (Å²) in [5, 5.41) is 3.52. The van der Waals surface area contributed by atoms with Crippen LogP contribution in [0.1, 0.15) is 51.9 Å². The number of ketones is 2. The van der Waals surface area contributed by atoms with E-state index in [0.29, 0.717) is 89.2 Å². The molecule has 0 aromatic heterocycles. The van der Waals surface area contributed by atoms with Crippen LogP contribution < -0.4 is 5.32 Å². The number of Topliss-reactive ketones (excluding diaryl/α,β-unsaturated/α-hetero) is 2. The number of carbonyl (C=O) groups is 3. The molecular formula is C24H42N2O7S. The Morgan fingerprint density at radius 2 is 1.47 bits per heavy atom. The minimum absolute atomic E-state index is 0.0403. The molecule has 2 saturated heterocycles. The molecule has 9 nitrogen and oxygen atoms in total. The van der Waals surface area contributed by atoms with E-state index in [2.05, 4.69) is 5.32 Å². The number of unbranched alkanes of at least 4 members (excludes halogenated alkanes) is 1. The number of carbonyl (C=O) groups excluding carboxylic acids is 3. The Bertz CT molecular complexity index is 622. The predicted octanol–water partition coefficient (Wildman–Crippen LogP) is 2.45. The number of nitrogens with zero attached hydrogens (tertiary/aromatic N) is 1. The van der Waals surface area contributed by atoms with Crippen molar-refractivity contribution in [2.75, 3.05) is 65.7 Å². The minimum Gasteiger partial charge on any atom is -0.379 e. The van der Waals surface area contributed by atoms with E-state index in [0.717, 1.165) is 31.4 Å². The minimum atomic E-state index is 0.0403. The molecule has 1 N–H and O–H groups in total. The summed E-state index contributed by atoms with van der Waals surface area (Å²) in [6.07, 6.45) is 5.38. The predicted molar refractivity (Wildman–Crippen MR) is 131 cm³/mol. The number of hydrogen-bond donors (Lipinski definition) is 1. The first-order valence-corrected chi connectivity index (χ1v) is 13.5. The Labute approximate surface area is 207 Å². The second-order valence-electron chi connectivity index (χ2n) is 8.82. The van der Waals surface area contributed by atoms with Crippen molar-refractivity contribution >= 4 is 29.4 Å². The maximum Gasteiger partial charge on any atom is 0.317 e. The normalized spacial score (nSPS) is 21.6. The van der Waals surface area contributed by atoms with Crippen LogP contribution in [0.3, 0.4) is 0 Å². The number of likely N-dealkylation sites (N-methyl/N-ethyl adjacent to an activating group) is 1. The number of thioether (sulfide) groups is 1. The second kappa shape index (κ2) is 17.3. The Kier molecular flexibility index (Phi) is 14.7. The first-order valence-electron chi connectivity index (χ1n) is 12.5. The van der Waals surface area contributed by atoms with Crippen LogP contribution in [-0.4, -0.2) is 105 Å². The summed E-state index contributed by atoms with van der Waals surface area (Å²) in [6, 6.07) is 0.618. The number of rotatable bonds is 21. The highest BCUT2D eigenvalue weighted by molar-refractivity contribution is 8.00. The molecule has 0 aliphatic carbocycles. The fourth-order valence-electron chi connectivity index (χ4n) is 4.12. The molecule has 0 bridgehead atoms. The van der Waals surface area contributed by atoms with Crippen molar-refractivity contribution in [1.29, 1.82) is 0 Å². The van der Waals surface area contributed by atoms with Crippen LogP contribution in [0, 0.1) is 0 Å². The lowest BCUT2D eigenvalue weighted by molar-refractivity contribution is -0.119. The Morgan fingerprint density at radius 1 is 0.882 bits per heavy atom. The molecule has 2 rings (SSSR count). The van der Waals surface area contributed by atoms with Gasteiger partial charge in [0.1, 0.15) is 11.6 Å². The lowest BCUT2D eigenvalue weighted by Crippen LogP contribution is -2.38. The number of nitrogens with one attached hydrogen (secondary N) is 1. The highest BCUT2D eigenvalue weighted by atomic mass is 32.2. The molecule has 34 heavy (non-hydrogen) atoms. The van der Waals surface area contributed by atoms with E-state index >= 15 is 0 Å². The third-order valence-corrected chi connectivity index (χ3v) is 7.51.